The van der Waals surface area contributed by atoms with Crippen molar-refractivity contribution in [2.45, 2.75) is 24.2 Å². The molecule has 3 N–H and O–H groups in total. The van der Waals surface area contributed by atoms with Gasteiger partial charge in [0.05, 0.1) is 12.2 Å². The van der Waals surface area contributed by atoms with Crippen LogP contribution in [0.25, 0.3) is 0 Å². The third kappa shape index (κ3) is 3.68. The zero-order valence-electron chi connectivity index (χ0n) is 12.1. The van der Waals surface area contributed by atoms with E-state index in [1.165, 1.54) is 6.42 Å². The van der Waals surface area contributed by atoms with E-state index in [0.29, 0.717) is 11.1 Å². The van der Waals surface area contributed by atoms with Gasteiger partial charge in [-0.2, -0.15) is 0 Å². The van der Waals surface area contributed by atoms with E-state index in [1.807, 2.05) is 36.4 Å². The van der Waals surface area contributed by atoms with Crippen LogP contribution in [0.5, 0.6) is 0 Å². The number of rotatable bonds is 7. The molecular formula is C18H20ClO3. The van der Waals surface area contributed by atoms with Crippen molar-refractivity contribution in [3.05, 3.63) is 78.2 Å². The van der Waals surface area contributed by atoms with Gasteiger partial charge < -0.3 is 15.3 Å². The highest BCUT2D eigenvalue weighted by Crippen LogP contribution is 2.34. The maximum Gasteiger partial charge on any atom is 0.141 e. The Hall–Kier alpha value is -1.39. The molecule has 0 spiro atoms. The second-order valence-corrected chi connectivity index (χ2v) is 5.53. The average molecular weight is 320 g/mol. The lowest BCUT2D eigenvalue weighted by molar-refractivity contribution is -0.0357. The van der Waals surface area contributed by atoms with Crippen LogP contribution in [0.2, 0.25) is 0 Å². The quantitative estimate of drug-likeness (QED) is 0.687. The second kappa shape index (κ2) is 7.75. The molecular weight excluding hydrogens is 300 g/mol. The molecule has 0 fully saturated rings. The normalized spacial score (nSPS) is 14.5. The Morgan fingerprint density at radius 3 is 1.77 bits per heavy atom. The molecule has 0 aliphatic heterocycles. The van der Waals surface area contributed by atoms with Gasteiger partial charge in [-0.3, -0.25) is 0 Å². The van der Waals surface area contributed by atoms with Crippen molar-refractivity contribution in [3.8, 4) is 0 Å². The van der Waals surface area contributed by atoms with Gasteiger partial charge in [-0.15, -0.1) is 11.6 Å². The number of hydrogen-bond donors (Lipinski definition) is 3. The Morgan fingerprint density at radius 2 is 1.36 bits per heavy atom. The number of hydrogen-bond acceptors (Lipinski definition) is 3. The van der Waals surface area contributed by atoms with Crippen molar-refractivity contribution in [3.63, 3.8) is 0 Å². The fourth-order valence-electron chi connectivity index (χ4n) is 2.41. The second-order valence-electron chi connectivity index (χ2n) is 5.22. The third-order valence-corrected chi connectivity index (χ3v) is 4.02. The topological polar surface area (TPSA) is 60.7 Å². The van der Waals surface area contributed by atoms with Gasteiger partial charge >= 0.3 is 0 Å². The van der Waals surface area contributed by atoms with Crippen molar-refractivity contribution >= 4 is 11.6 Å². The van der Waals surface area contributed by atoms with Crippen LogP contribution >= 0.6 is 11.6 Å². The van der Waals surface area contributed by atoms with Gasteiger partial charge in [-0.05, 0) is 24.0 Å². The summed E-state index contributed by atoms with van der Waals surface area (Å²) in [5.74, 6) is 0.0817. The van der Waals surface area contributed by atoms with E-state index < -0.39 is 17.8 Å². The summed E-state index contributed by atoms with van der Waals surface area (Å²) in [6.45, 7) is 0. The molecule has 22 heavy (non-hydrogen) atoms. The highest BCUT2D eigenvalue weighted by Gasteiger charge is 2.39. The largest absolute Gasteiger partial charge is 0.392 e. The fourth-order valence-corrected chi connectivity index (χ4v) is 2.54. The highest BCUT2D eigenvalue weighted by atomic mass is 35.5. The molecule has 0 saturated heterocycles. The zero-order chi connectivity index (χ0) is 16.0. The van der Waals surface area contributed by atoms with Gasteiger partial charge in [0, 0.05) is 5.88 Å². The molecule has 2 rings (SSSR count). The van der Waals surface area contributed by atoms with E-state index in [0.717, 1.165) is 0 Å². The van der Waals surface area contributed by atoms with Gasteiger partial charge in [0.25, 0.3) is 0 Å². The molecule has 4 heteroatoms. The minimum Gasteiger partial charge on any atom is -0.392 e. The highest BCUT2D eigenvalue weighted by molar-refractivity contribution is 6.18. The van der Waals surface area contributed by atoms with E-state index in [4.69, 9.17) is 11.6 Å². The minimum atomic E-state index is -1.57. The maximum absolute atomic E-state index is 11.2. The molecule has 0 bridgehead atoms. The summed E-state index contributed by atoms with van der Waals surface area (Å²) in [6, 6.07) is 18.0. The van der Waals surface area contributed by atoms with Crippen LogP contribution in [-0.2, 0) is 5.60 Å². The van der Waals surface area contributed by atoms with E-state index in [2.05, 4.69) is 0 Å². The van der Waals surface area contributed by atoms with Crippen LogP contribution in [0.1, 0.15) is 17.5 Å². The molecule has 2 unspecified atom stereocenters. The van der Waals surface area contributed by atoms with Gasteiger partial charge in [0.1, 0.15) is 5.60 Å². The molecule has 1 radical (unpaired) electrons. The summed E-state index contributed by atoms with van der Waals surface area (Å²) in [7, 11) is 0. The molecule has 0 heterocycles. The smallest absolute Gasteiger partial charge is 0.141 e. The van der Waals surface area contributed by atoms with Crippen LogP contribution in [0.15, 0.2) is 60.7 Å². The summed E-state index contributed by atoms with van der Waals surface area (Å²) in [5.41, 5.74) is -0.398. The Kier molecular flexibility index (Phi) is 5.98. The van der Waals surface area contributed by atoms with E-state index in [9.17, 15) is 15.3 Å². The summed E-state index contributed by atoms with van der Waals surface area (Å²) >= 11 is 5.57. The fraction of sp³-hybridized carbons (Fsp3) is 0.278. The van der Waals surface area contributed by atoms with Crippen molar-refractivity contribution in [2.75, 3.05) is 5.88 Å². The number of benzene rings is 2. The molecule has 0 amide bonds. The first kappa shape index (κ1) is 17.0. The molecule has 2 aromatic rings. The SMILES string of the molecule is OC(CCl)C[CH]C(O)C(O)(c1ccccc1)c1ccccc1. The van der Waals surface area contributed by atoms with Crippen molar-refractivity contribution in [2.24, 2.45) is 0 Å². The molecule has 2 atom stereocenters. The Morgan fingerprint density at radius 1 is 0.909 bits per heavy atom. The van der Waals surface area contributed by atoms with E-state index in [1.54, 1.807) is 24.3 Å². The zero-order valence-corrected chi connectivity index (χ0v) is 12.9. The average Bonchev–Trinajstić information content (AvgIpc) is 2.60. The van der Waals surface area contributed by atoms with Gasteiger partial charge in [0.2, 0.25) is 0 Å². The predicted molar refractivity (Wildman–Crippen MR) is 87.5 cm³/mol. The number of aliphatic hydroxyl groups excluding tert-OH is 2. The van der Waals surface area contributed by atoms with Crippen molar-refractivity contribution in [1.29, 1.82) is 0 Å². The molecule has 117 valence electrons. The first-order valence-corrected chi connectivity index (χ1v) is 7.71. The number of aliphatic hydroxyl groups is 3. The Balaban J connectivity index is 2.34. The first-order valence-electron chi connectivity index (χ1n) is 7.18. The van der Waals surface area contributed by atoms with E-state index in [-0.39, 0.29) is 12.3 Å². The molecule has 0 aromatic heterocycles. The van der Waals surface area contributed by atoms with Crippen LogP contribution in [0.3, 0.4) is 0 Å². The molecule has 0 aliphatic rings. The van der Waals surface area contributed by atoms with Crippen molar-refractivity contribution in [1.82, 2.24) is 0 Å². The monoisotopic (exact) mass is 319 g/mol. The maximum atomic E-state index is 11.2. The Bertz CT molecular complexity index is 520. The lowest BCUT2D eigenvalue weighted by atomic mass is 9.80. The van der Waals surface area contributed by atoms with Gasteiger partial charge in [-0.25, -0.2) is 0 Å². The van der Waals surface area contributed by atoms with Gasteiger partial charge in [0.15, 0.2) is 0 Å². The van der Waals surface area contributed by atoms with Crippen LogP contribution in [0, 0.1) is 6.42 Å². The number of alkyl halides is 1. The lowest BCUT2D eigenvalue weighted by Crippen LogP contribution is -2.41. The lowest BCUT2D eigenvalue weighted by Gasteiger charge is -2.34. The summed E-state index contributed by atoms with van der Waals surface area (Å²) in [6.07, 6.45) is -0.220. The van der Waals surface area contributed by atoms with E-state index >= 15 is 0 Å². The van der Waals surface area contributed by atoms with Crippen LogP contribution in [0.4, 0.5) is 0 Å². The van der Waals surface area contributed by atoms with Crippen LogP contribution < -0.4 is 0 Å². The third-order valence-electron chi connectivity index (χ3n) is 3.67. The molecule has 0 aliphatic carbocycles. The molecule has 2 aromatic carbocycles. The number of halogens is 1. The Labute approximate surface area is 135 Å². The van der Waals surface area contributed by atoms with Crippen molar-refractivity contribution < 1.29 is 15.3 Å². The van der Waals surface area contributed by atoms with Crippen LogP contribution in [-0.4, -0.2) is 33.4 Å². The van der Waals surface area contributed by atoms with Gasteiger partial charge in [-0.1, -0.05) is 60.7 Å². The summed E-state index contributed by atoms with van der Waals surface area (Å²) in [4.78, 5) is 0. The summed E-state index contributed by atoms with van der Waals surface area (Å²) in [5, 5.41) is 31.3. The molecule has 0 saturated carbocycles. The first-order chi connectivity index (χ1) is 10.6. The minimum absolute atomic E-state index is 0.0817. The molecule has 3 nitrogen and oxygen atoms in total. The summed E-state index contributed by atoms with van der Waals surface area (Å²) < 4.78 is 0. The predicted octanol–water partition coefficient (Wildman–Crippen LogP) is 2.48. The standard InChI is InChI=1S/C18H20ClO3/c19-13-16(20)11-12-17(21)18(22,14-7-3-1-4-8-14)15-9-5-2-6-10-15/h1-10,12,16-17,20-22H,11,13H2.